The fourth-order valence-corrected chi connectivity index (χ4v) is 4.50. The molecule has 1 N–H and O–H groups in total. The van der Waals surface area contributed by atoms with E-state index in [9.17, 15) is 0 Å². The van der Waals surface area contributed by atoms with Crippen molar-refractivity contribution in [3.8, 4) is 0 Å². The Morgan fingerprint density at radius 2 is 1.84 bits per heavy atom. The van der Waals surface area contributed by atoms with Crippen molar-refractivity contribution in [2.45, 2.75) is 12.3 Å². The molecule has 2 heterocycles. The van der Waals surface area contributed by atoms with Crippen LogP contribution in [0.4, 0.5) is 0 Å². The molecule has 2 nitrogen and oxygen atoms in total. The molecule has 0 aliphatic heterocycles. The first kappa shape index (κ1) is 13.3. The van der Waals surface area contributed by atoms with Gasteiger partial charge in [0, 0.05) is 33.2 Å². The van der Waals surface area contributed by atoms with Gasteiger partial charge in [0.05, 0.1) is 10.9 Å². The highest BCUT2D eigenvalue weighted by atomic mass is 16.3. The molecular formula is C23H17NO. The van der Waals surface area contributed by atoms with Gasteiger partial charge >= 0.3 is 0 Å². The number of fused-ring (bicyclic) bond motifs is 9. The molecular weight excluding hydrogens is 306 g/mol. The molecule has 2 aliphatic rings. The van der Waals surface area contributed by atoms with E-state index in [1.165, 1.54) is 21.7 Å². The minimum Gasteiger partial charge on any atom is -0.457 e. The van der Waals surface area contributed by atoms with Crippen molar-refractivity contribution in [2.75, 3.05) is 0 Å². The van der Waals surface area contributed by atoms with Crippen molar-refractivity contribution >= 4 is 38.9 Å². The first-order valence-electron chi connectivity index (χ1n) is 8.76. The molecule has 0 spiro atoms. The van der Waals surface area contributed by atoms with Gasteiger partial charge in [0.15, 0.2) is 5.58 Å². The largest absolute Gasteiger partial charge is 0.457 e. The number of rotatable bonds is 0. The third-order valence-electron chi connectivity index (χ3n) is 5.90. The van der Waals surface area contributed by atoms with E-state index in [1.807, 2.05) is 0 Å². The molecule has 2 atom stereocenters. The lowest BCUT2D eigenvalue weighted by atomic mass is 9.68. The Labute approximate surface area is 145 Å². The summed E-state index contributed by atoms with van der Waals surface area (Å²) in [5.74, 6) is 1.42. The van der Waals surface area contributed by atoms with Gasteiger partial charge in [-0.15, -0.1) is 0 Å². The van der Waals surface area contributed by atoms with E-state index in [1.54, 1.807) is 0 Å². The predicted molar refractivity (Wildman–Crippen MR) is 104 cm³/mol. The minimum atomic E-state index is -0.115. The van der Waals surface area contributed by atoms with Crippen LogP contribution in [0.5, 0.6) is 0 Å². The summed E-state index contributed by atoms with van der Waals surface area (Å²) < 4.78 is 6.54. The summed E-state index contributed by atoms with van der Waals surface area (Å²) in [4.78, 5) is 3.56. The zero-order chi connectivity index (χ0) is 16.6. The van der Waals surface area contributed by atoms with Gasteiger partial charge in [-0.2, -0.15) is 0 Å². The molecule has 0 saturated heterocycles. The Morgan fingerprint density at radius 3 is 2.80 bits per heavy atom. The van der Waals surface area contributed by atoms with Crippen molar-refractivity contribution in [3.05, 3.63) is 78.1 Å². The van der Waals surface area contributed by atoms with Gasteiger partial charge in [-0.3, -0.25) is 0 Å². The average molecular weight is 323 g/mol. The fourth-order valence-electron chi connectivity index (χ4n) is 4.50. The maximum absolute atomic E-state index is 6.54. The maximum atomic E-state index is 6.54. The molecule has 120 valence electrons. The second kappa shape index (κ2) is 4.34. The van der Waals surface area contributed by atoms with Crippen LogP contribution >= 0.6 is 0 Å². The van der Waals surface area contributed by atoms with Crippen LogP contribution in [0.3, 0.4) is 0 Å². The number of nitrogens with one attached hydrogen (secondary N) is 1. The van der Waals surface area contributed by atoms with Gasteiger partial charge in [-0.05, 0) is 19.1 Å². The normalized spacial score (nSPS) is 24.3. The van der Waals surface area contributed by atoms with Gasteiger partial charge in [-0.25, -0.2) is 0 Å². The molecule has 2 unspecified atom stereocenters. The summed E-state index contributed by atoms with van der Waals surface area (Å²) in [6.07, 6.45) is 13.3. The third-order valence-corrected chi connectivity index (χ3v) is 5.90. The molecule has 0 bridgehead atoms. The van der Waals surface area contributed by atoms with Gasteiger partial charge in [0.1, 0.15) is 5.76 Å². The lowest BCUT2D eigenvalue weighted by Gasteiger charge is -2.34. The first-order valence-corrected chi connectivity index (χ1v) is 8.76. The summed E-state index contributed by atoms with van der Waals surface area (Å²) in [7, 11) is 0. The molecule has 2 heteroatoms. The molecule has 25 heavy (non-hydrogen) atoms. The highest BCUT2D eigenvalue weighted by Gasteiger charge is 2.40. The summed E-state index contributed by atoms with van der Waals surface area (Å²) in [6, 6.07) is 12.8. The van der Waals surface area contributed by atoms with Gasteiger partial charge in [0.2, 0.25) is 0 Å². The van der Waals surface area contributed by atoms with Crippen LogP contribution in [0.15, 0.2) is 71.2 Å². The summed E-state index contributed by atoms with van der Waals surface area (Å²) in [6.45, 7) is 2.27. The molecule has 0 radical (unpaired) electrons. The third kappa shape index (κ3) is 1.55. The van der Waals surface area contributed by atoms with E-state index in [4.69, 9.17) is 4.42 Å². The molecule has 0 fully saturated rings. The minimum absolute atomic E-state index is 0.115. The van der Waals surface area contributed by atoms with E-state index < -0.39 is 0 Å². The number of aromatic nitrogens is 1. The fraction of sp³-hybridized carbons (Fsp3) is 0.130. The molecule has 0 amide bonds. The lowest BCUT2D eigenvalue weighted by molar-refractivity contribution is 0.387. The van der Waals surface area contributed by atoms with Crippen LogP contribution in [0, 0.1) is 5.92 Å². The number of hydrogen-bond acceptors (Lipinski definition) is 1. The second-order valence-corrected chi connectivity index (χ2v) is 7.29. The maximum Gasteiger partial charge on any atom is 0.159 e. The molecule has 2 aromatic heterocycles. The van der Waals surface area contributed by atoms with Gasteiger partial charge in [-0.1, -0.05) is 60.7 Å². The van der Waals surface area contributed by atoms with Crippen molar-refractivity contribution in [1.29, 1.82) is 0 Å². The Hall–Kier alpha value is -3.00. The second-order valence-electron chi connectivity index (χ2n) is 7.29. The van der Waals surface area contributed by atoms with E-state index in [-0.39, 0.29) is 5.41 Å². The molecule has 4 aromatic rings. The Morgan fingerprint density at radius 1 is 0.960 bits per heavy atom. The highest BCUT2D eigenvalue weighted by Crippen LogP contribution is 2.48. The predicted octanol–water partition coefficient (Wildman–Crippen LogP) is 6.09. The molecule has 2 aliphatic carbocycles. The van der Waals surface area contributed by atoms with Crippen molar-refractivity contribution < 1.29 is 4.42 Å². The van der Waals surface area contributed by atoms with Crippen LogP contribution in [0.1, 0.15) is 18.2 Å². The summed E-state index contributed by atoms with van der Waals surface area (Å²) in [5.41, 5.74) is 4.31. The highest BCUT2D eigenvalue weighted by molar-refractivity contribution is 6.16. The van der Waals surface area contributed by atoms with E-state index in [0.717, 1.165) is 22.4 Å². The molecule has 6 rings (SSSR count). The molecule has 0 saturated carbocycles. The Balaban J connectivity index is 1.75. The monoisotopic (exact) mass is 323 g/mol. The zero-order valence-electron chi connectivity index (χ0n) is 13.9. The first-order chi connectivity index (χ1) is 12.3. The van der Waals surface area contributed by atoms with Crippen LogP contribution in [-0.4, -0.2) is 4.98 Å². The molecule has 2 aromatic carbocycles. The summed E-state index contributed by atoms with van der Waals surface area (Å²) in [5, 5.41) is 3.65. The SMILES string of the molecule is CC12C=CC=CC1C=Cc1c2oc2c1ccc1c3ccccc3[nH]c12. The van der Waals surface area contributed by atoms with Crippen LogP contribution in [0.2, 0.25) is 0 Å². The van der Waals surface area contributed by atoms with Gasteiger partial charge in [0.25, 0.3) is 0 Å². The lowest BCUT2D eigenvalue weighted by Crippen LogP contribution is -2.31. The van der Waals surface area contributed by atoms with E-state index in [2.05, 4.69) is 84.8 Å². The smallest absolute Gasteiger partial charge is 0.159 e. The Kier molecular flexibility index (Phi) is 2.31. The number of H-pyrrole nitrogens is 1. The number of benzene rings is 2. The van der Waals surface area contributed by atoms with Crippen LogP contribution in [-0.2, 0) is 5.41 Å². The summed E-state index contributed by atoms with van der Waals surface area (Å²) >= 11 is 0. The average Bonchev–Trinajstić information content (AvgIpc) is 3.20. The number of para-hydroxylation sites is 1. The quantitative estimate of drug-likeness (QED) is 0.416. The van der Waals surface area contributed by atoms with E-state index >= 15 is 0 Å². The van der Waals surface area contributed by atoms with Crippen LogP contribution in [0.25, 0.3) is 38.9 Å². The van der Waals surface area contributed by atoms with Crippen molar-refractivity contribution in [2.24, 2.45) is 5.92 Å². The number of hydrogen-bond donors (Lipinski definition) is 1. The van der Waals surface area contributed by atoms with Gasteiger partial charge < -0.3 is 9.40 Å². The zero-order valence-corrected chi connectivity index (χ0v) is 13.9. The topological polar surface area (TPSA) is 28.9 Å². The number of aromatic amines is 1. The van der Waals surface area contributed by atoms with Crippen molar-refractivity contribution in [3.63, 3.8) is 0 Å². The van der Waals surface area contributed by atoms with E-state index in [0.29, 0.717) is 5.92 Å². The number of furan rings is 1. The number of allylic oxidation sites excluding steroid dienone is 5. The van der Waals surface area contributed by atoms with Crippen LogP contribution < -0.4 is 0 Å². The van der Waals surface area contributed by atoms with Crippen molar-refractivity contribution in [1.82, 2.24) is 4.98 Å². The Bertz CT molecular complexity index is 1260. The standard InChI is InChI=1S/C23H17NO/c1-23-13-5-4-6-14(23)9-10-18-17-12-11-16-15-7-2-3-8-19(15)24-20(16)21(17)25-22(18)23/h2-14,24H,1H3.